The molecule has 4 nitrogen and oxygen atoms in total. The molecule has 1 aromatic heterocycles. The van der Waals surface area contributed by atoms with Crippen LogP contribution in [-0.2, 0) is 4.79 Å². The lowest BCUT2D eigenvalue weighted by Gasteiger charge is -2.13. The van der Waals surface area contributed by atoms with Crippen LogP contribution in [0.2, 0.25) is 0 Å². The van der Waals surface area contributed by atoms with Crippen molar-refractivity contribution in [1.29, 1.82) is 0 Å². The summed E-state index contributed by atoms with van der Waals surface area (Å²) in [6.07, 6.45) is -1.62. The molecular weight excluding hydrogens is 365 g/mol. The topological polar surface area (TPSA) is 51.2 Å². The fraction of sp³-hybridized carbons (Fsp3) is 0.111. The minimum absolute atomic E-state index is 0.0495. The first-order valence-electron chi connectivity index (χ1n) is 7.54. The summed E-state index contributed by atoms with van der Waals surface area (Å²) in [5.41, 5.74) is 0.999. The standard InChI is InChI=1S/C18H13F3N2O2S/c19-18(20,21)11-25-14-7-3-1-5-12(14)22-16(24)9-10-17-23-13-6-2-4-8-15(13)26-17/h1-10H,11H2,(H,22,24)/b10-9+. The van der Waals surface area contributed by atoms with Crippen molar-refractivity contribution in [2.75, 3.05) is 11.9 Å². The molecule has 2 aromatic carbocycles. The number of aromatic nitrogens is 1. The van der Waals surface area contributed by atoms with E-state index in [0.29, 0.717) is 5.01 Å². The normalized spacial score (nSPS) is 11.8. The molecule has 0 bridgehead atoms. The van der Waals surface area contributed by atoms with E-state index in [2.05, 4.69) is 10.3 Å². The van der Waals surface area contributed by atoms with Gasteiger partial charge in [-0.3, -0.25) is 4.79 Å². The first-order valence-corrected chi connectivity index (χ1v) is 8.35. The second-order valence-corrected chi connectivity index (χ2v) is 6.30. The summed E-state index contributed by atoms with van der Waals surface area (Å²) in [5, 5.41) is 3.17. The summed E-state index contributed by atoms with van der Waals surface area (Å²) < 4.78 is 42.6. The van der Waals surface area contributed by atoms with E-state index in [4.69, 9.17) is 4.74 Å². The van der Waals surface area contributed by atoms with Crippen molar-refractivity contribution in [2.24, 2.45) is 0 Å². The molecule has 0 radical (unpaired) electrons. The lowest BCUT2D eigenvalue weighted by Crippen LogP contribution is -2.20. The Kier molecular flexibility index (Phi) is 5.22. The molecule has 0 aliphatic rings. The molecule has 1 amide bonds. The molecule has 0 aliphatic heterocycles. The van der Waals surface area contributed by atoms with Crippen LogP contribution in [0.3, 0.4) is 0 Å². The van der Waals surface area contributed by atoms with Gasteiger partial charge in [-0.1, -0.05) is 24.3 Å². The monoisotopic (exact) mass is 378 g/mol. The number of amides is 1. The number of carbonyl (C=O) groups excluding carboxylic acids is 1. The number of alkyl halides is 3. The molecule has 3 aromatic rings. The molecule has 0 aliphatic carbocycles. The van der Waals surface area contributed by atoms with E-state index in [9.17, 15) is 18.0 Å². The van der Waals surface area contributed by atoms with Gasteiger partial charge in [0.15, 0.2) is 6.61 Å². The zero-order valence-corrected chi connectivity index (χ0v) is 14.1. The van der Waals surface area contributed by atoms with E-state index >= 15 is 0 Å². The van der Waals surface area contributed by atoms with Gasteiger partial charge < -0.3 is 10.1 Å². The number of ether oxygens (including phenoxy) is 1. The van der Waals surface area contributed by atoms with Crippen molar-refractivity contribution in [3.63, 3.8) is 0 Å². The van der Waals surface area contributed by atoms with Gasteiger partial charge in [-0.15, -0.1) is 11.3 Å². The highest BCUT2D eigenvalue weighted by Gasteiger charge is 2.28. The molecule has 1 N–H and O–H groups in total. The fourth-order valence-corrected chi connectivity index (χ4v) is 3.01. The van der Waals surface area contributed by atoms with Gasteiger partial charge in [0.1, 0.15) is 10.8 Å². The Balaban J connectivity index is 1.68. The molecule has 0 saturated carbocycles. The maximum absolute atomic E-state index is 12.3. The van der Waals surface area contributed by atoms with E-state index in [1.54, 1.807) is 12.1 Å². The van der Waals surface area contributed by atoms with Crippen LogP contribution >= 0.6 is 11.3 Å². The quantitative estimate of drug-likeness (QED) is 0.643. The van der Waals surface area contributed by atoms with Crippen LogP contribution in [0.15, 0.2) is 54.6 Å². The van der Waals surface area contributed by atoms with Crippen LogP contribution in [0.4, 0.5) is 18.9 Å². The van der Waals surface area contributed by atoms with Gasteiger partial charge in [0.2, 0.25) is 5.91 Å². The molecule has 0 spiro atoms. The molecule has 0 unspecified atom stereocenters. The second kappa shape index (κ2) is 7.57. The van der Waals surface area contributed by atoms with Gasteiger partial charge >= 0.3 is 6.18 Å². The summed E-state index contributed by atoms with van der Waals surface area (Å²) in [6, 6.07) is 13.5. The number of thiazole rings is 1. The van der Waals surface area contributed by atoms with Crippen LogP contribution in [0.1, 0.15) is 5.01 Å². The third kappa shape index (κ3) is 4.82. The molecule has 0 fully saturated rings. The molecule has 1 heterocycles. The number of rotatable bonds is 5. The minimum Gasteiger partial charge on any atom is -0.482 e. The largest absolute Gasteiger partial charge is 0.482 e. The van der Waals surface area contributed by atoms with Crippen molar-refractivity contribution >= 4 is 39.2 Å². The number of fused-ring (bicyclic) bond motifs is 1. The summed E-state index contributed by atoms with van der Waals surface area (Å²) in [6.45, 7) is -1.43. The van der Waals surface area contributed by atoms with Gasteiger partial charge in [0, 0.05) is 6.08 Å². The maximum atomic E-state index is 12.3. The van der Waals surface area contributed by atoms with Gasteiger partial charge in [-0.25, -0.2) is 4.98 Å². The Bertz CT molecular complexity index is 918. The van der Waals surface area contributed by atoms with Crippen LogP contribution in [-0.4, -0.2) is 23.7 Å². The number of benzene rings is 2. The molecule has 3 rings (SSSR count). The predicted octanol–water partition coefficient (Wildman–Crippen LogP) is 4.89. The number of hydrogen-bond donors (Lipinski definition) is 1. The number of anilines is 1. The number of para-hydroxylation sites is 3. The minimum atomic E-state index is -4.45. The Labute approximate surface area is 150 Å². The Hall–Kier alpha value is -2.87. The smallest absolute Gasteiger partial charge is 0.422 e. The van der Waals surface area contributed by atoms with Crippen molar-refractivity contribution in [1.82, 2.24) is 4.98 Å². The molecule has 8 heteroatoms. The highest BCUT2D eigenvalue weighted by atomic mass is 32.1. The van der Waals surface area contributed by atoms with Crippen molar-refractivity contribution < 1.29 is 22.7 Å². The van der Waals surface area contributed by atoms with Gasteiger partial charge in [0.05, 0.1) is 15.9 Å². The fourth-order valence-electron chi connectivity index (χ4n) is 2.14. The number of hydrogen-bond acceptors (Lipinski definition) is 4. The Morgan fingerprint density at radius 1 is 1.15 bits per heavy atom. The van der Waals surface area contributed by atoms with E-state index in [0.717, 1.165) is 10.2 Å². The average Bonchev–Trinajstić information content (AvgIpc) is 3.01. The molecular formula is C18H13F3N2O2S. The lowest BCUT2D eigenvalue weighted by atomic mass is 10.3. The van der Waals surface area contributed by atoms with Gasteiger partial charge in [-0.05, 0) is 30.3 Å². The molecule has 26 heavy (non-hydrogen) atoms. The van der Waals surface area contributed by atoms with E-state index < -0.39 is 18.7 Å². The van der Waals surface area contributed by atoms with Crippen molar-refractivity contribution in [3.05, 3.63) is 59.6 Å². The highest BCUT2D eigenvalue weighted by Crippen LogP contribution is 2.26. The second-order valence-electron chi connectivity index (χ2n) is 5.24. The van der Waals surface area contributed by atoms with Crippen LogP contribution in [0.25, 0.3) is 16.3 Å². The average molecular weight is 378 g/mol. The van der Waals surface area contributed by atoms with Gasteiger partial charge in [0.25, 0.3) is 0 Å². The first-order chi connectivity index (χ1) is 12.4. The SMILES string of the molecule is O=C(/C=C/c1nc2ccccc2s1)Nc1ccccc1OCC(F)(F)F. The Morgan fingerprint density at radius 2 is 1.88 bits per heavy atom. The first kappa shape index (κ1) is 17.9. The molecule has 134 valence electrons. The third-order valence-electron chi connectivity index (χ3n) is 3.22. The Morgan fingerprint density at radius 3 is 2.65 bits per heavy atom. The molecule has 0 atom stereocenters. The van der Waals surface area contributed by atoms with Crippen LogP contribution in [0, 0.1) is 0 Å². The zero-order valence-electron chi connectivity index (χ0n) is 13.3. The number of nitrogens with zero attached hydrogens (tertiary/aromatic N) is 1. The van der Waals surface area contributed by atoms with Crippen LogP contribution < -0.4 is 10.1 Å². The summed E-state index contributed by atoms with van der Waals surface area (Å²) in [5.74, 6) is -0.543. The predicted molar refractivity (Wildman–Crippen MR) is 95.3 cm³/mol. The number of halogens is 3. The number of carbonyl (C=O) groups is 1. The van der Waals surface area contributed by atoms with E-state index in [1.165, 1.54) is 35.6 Å². The van der Waals surface area contributed by atoms with E-state index in [1.807, 2.05) is 24.3 Å². The summed E-state index contributed by atoms with van der Waals surface area (Å²) in [4.78, 5) is 16.4. The summed E-state index contributed by atoms with van der Waals surface area (Å²) >= 11 is 1.43. The zero-order chi connectivity index (χ0) is 18.6. The third-order valence-corrected chi connectivity index (χ3v) is 4.23. The molecule has 0 saturated heterocycles. The van der Waals surface area contributed by atoms with Crippen molar-refractivity contribution in [3.8, 4) is 5.75 Å². The summed E-state index contributed by atoms with van der Waals surface area (Å²) in [7, 11) is 0. The van der Waals surface area contributed by atoms with Crippen molar-refractivity contribution in [2.45, 2.75) is 6.18 Å². The lowest BCUT2D eigenvalue weighted by molar-refractivity contribution is -0.153. The van der Waals surface area contributed by atoms with Gasteiger partial charge in [-0.2, -0.15) is 13.2 Å². The maximum Gasteiger partial charge on any atom is 0.422 e. The van der Waals surface area contributed by atoms with Crippen LogP contribution in [0.5, 0.6) is 5.75 Å². The number of nitrogens with one attached hydrogen (secondary N) is 1. The highest BCUT2D eigenvalue weighted by molar-refractivity contribution is 7.19. The van der Waals surface area contributed by atoms with E-state index in [-0.39, 0.29) is 11.4 Å².